The van der Waals surface area contributed by atoms with Crippen molar-refractivity contribution >= 4 is 5.97 Å². The van der Waals surface area contributed by atoms with E-state index in [4.69, 9.17) is 0 Å². The van der Waals surface area contributed by atoms with Gasteiger partial charge in [0.2, 0.25) is 0 Å². The van der Waals surface area contributed by atoms with Crippen molar-refractivity contribution in [1.82, 2.24) is 0 Å². The minimum absolute atomic E-state index is 0.512. The monoisotopic (exact) mass is 185 g/mol. The second kappa shape index (κ2) is 5.22. The van der Waals surface area contributed by atoms with E-state index >= 15 is 0 Å². The van der Waals surface area contributed by atoms with E-state index in [1.54, 1.807) is 0 Å². The van der Waals surface area contributed by atoms with Crippen LogP contribution in [0.4, 0.5) is 0 Å². The van der Waals surface area contributed by atoms with Crippen LogP contribution in [0.3, 0.4) is 0 Å². The number of aliphatic carboxylic acids is 1. The van der Waals surface area contributed by atoms with Crippen LogP contribution in [0.1, 0.15) is 44.9 Å². The summed E-state index contributed by atoms with van der Waals surface area (Å²) in [6, 6.07) is -0.512. The zero-order chi connectivity index (χ0) is 9.68. The van der Waals surface area contributed by atoms with E-state index in [2.05, 4.69) is 5.73 Å². The van der Waals surface area contributed by atoms with Crippen molar-refractivity contribution < 1.29 is 15.6 Å². The Morgan fingerprint density at radius 1 is 1.38 bits per heavy atom. The van der Waals surface area contributed by atoms with Crippen molar-refractivity contribution in [2.24, 2.45) is 5.92 Å². The first-order valence-corrected chi connectivity index (χ1v) is 5.24. The molecule has 0 aromatic rings. The Kier molecular flexibility index (Phi) is 4.22. The van der Waals surface area contributed by atoms with Crippen LogP contribution < -0.4 is 10.8 Å². The van der Waals surface area contributed by atoms with Gasteiger partial charge in [-0.05, 0) is 12.3 Å². The predicted octanol–water partition coefficient (Wildman–Crippen LogP) is -0.293. The molecule has 76 valence electrons. The lowest BCUT2D eigenvalue weighted by Gasteiger charge is -2.22. The van der Waals surface area contributed by atoms with Gasteiger partial charge in [-0.15, -0.1) is 0 Å². The van der Waals surface area contributed by atoms with Gasteiger partial charge < -0.3 is 15.6 Å². The Morgan fingerprint density at radius 2 is 2.00 bits per heavy atom. The Hall–Kier alpha value is -0.570. The van der Waals surface area contributed by atoms with E-state index in [1.807, 2.05) is 0 Å². The van der Waals surface area contributed by atoms with Gasteiger partial charge in [0.05, 0.1) is 5.97 Å². The molecule has 1 aliphatic carbocycles. The van der Waals surface area contributed by atoms with Crippen molar-refractivity contribution in [1.29, 1.82) is 0 Å². The topological polar surface area (TPSA) is 67.8 Å². The third kappa shape index (κ3) is 3.77. The maximum atomic E-state index is 10.4. The fraction of sp³-hybridized carbons (Fsp3) is 0.900. The maximum Gasteiger partial charge on any atom is 0.124 e. The number of carbonyl (C=O) groups is 1. The summed E-state index contributed by atoms with van der Waals surface area (Å²) in [7, 11) is 0. The summed E-state index contributed by atoms with van der Waals surface area (Å²) in [5.74, 6) is -0.256. The molecule has 1 saturated carbocycles. The molecule has 0 heterocycles. The van der Waals surface area contributed by atoms with Crippen LogP contribution in [0.5, 0.6) is 0 Å². The molecule has 0 amide bonds. The summed E-state index contributed by atoms with van der Waals surface area (Å²) in [6.45, 7) is 0. The van der Waals surface area contributed by atoms with Gasteiger partial charge in [-0.25, -0.2) is 0 Å². The van der Waals surface area contributed by atoms with Crippen LogP contribution in [-0.4, -0.2) is 12.0 Å². The fourth-order valence-corrected chi connectivity index (χ4v) is 2.03. The van der Waals surface area contributed by atoms with E-state index in [0.29, 0.717) is 6.42 Å². The molecule has 0 aromatic heterocycles. The van der Waals surface area contributed by atoms with E-state index < -0.39 is 12.0 Å². The van der Waals surface area contributed by atoms with E-state index in [0.717, 1.165) is 12.3 Å². The first-order valence-electron chi connectivity index (χ1n) is 5.24. The number of rotatable bonds is 4. The molecule has 1 aliphatic rings. The standard InChI is InChI=1S/C10H19NO2/c11-9(10(12)13)7-6-8-4-2-1-3-5-8/h8-9H,1-7,11H2,(H,12,13)/t9-/m0/s1. The first-order chi connectivity index (χ1) is 6.20. The van der Waals surface area contributed by atoms with Gasteiger partial charge in [-0.2, -0.15) is 0 Å². The zero-order valence-electron chi connectivity index (χ0n) is 8.13. The number of quaternary nitrogens is 1. The van der Waals surface area contributed by atoms with Crippen molar-refractivity contribution in [2.45, 2.75) is 51.0 Å². The van der Waals surface area contributed by atoms with Crippen LogP contribution >= 0.6 is 0 Å². The van der Waals surface area contributed by atoms with Crippen LogP contribution in [0.2, 0.25) is 0 Å². The Balaban J connectivity index is 2.13. The van der Waals surface area contributed by atoms with Gasteiger partial charge >= 0.3 is 0 Å². The summed E-state index contributed by atoms with van der Waals surface area (Å²) in [6.07, 6.45) is 8.25. The minimum Gasteiger partial charge on any atom is -0.544 e. The molecule has 3 nitrogen and oxygen atoms in total. The molecule has 1 fully saturated rings. The van der Waals surface area contributed by atoms with Gasteiger partial charge in [-0.3, -0.25) is 0 Å². The zero-order valence-corrected chi connectivity index (χ0v) is 8.13. The van der Waals surface area contributed by atoms with Crippen LogP contribution in [0.15, 0.2) is 0 Å². The Morgan fingerprint density at radius 3 is 2.54 bits per heavy atom. The number of carboxylic acid groups (broad SMARTS) is 1. The van der Waals surface area contributed by atoms with E-state index in [9.17, 15) is 9.90 Å². The molecular formula is C10H19NO2. The maximum absolute atomic E-state index is 10.4. The number of carboxylic acids is 1. The lowest BCUT2D eigenvalue weighted by Crippen LogP contribution is -2.68. The lowest BCUT2D eigenvalue weighted by atomic mass is 9.85. The summed E-state index contributed by atoms with van der Waals surface area (Å²) in [5, 5.41) is 10.4. The van der Waals surface area contributed by atoms with E-state index in [1.165, 1.54) is 32.1 Å². The van der Waals surface area contributed by atoms with Gasteiger partial charge in [-0.1, -0.05) is 32.1 Å². The highest BCUT2D eigenvalue weighted by atomic mass is 16.4. The average Bonchev–Trinajstić information content (AvgIpc) is 2.15. The highest BCUT2D eigenvalue weighted by Gasteiger charge is 2.16. The predicted molar refractivity (Wildman–Crippen MR) is 47.5 cm³/mol. The van der Waals surface area contributed by atoms with Gasteiger partial charge in [0.25, 0.3) is 0 Å². The first kappa shape index (κ1) is 10.5. The molecule has 1 rings (SSSR count). The molecule has 0 aliphatic heterocycles. The third-order valence-corrected chi connectivity index (χ3v) is 2.98. The summed E-state index contributed by atoms with van der Waals surface area (Å²) < 4.78 is 0. The number of hydrogen-bond acceptors (Lipinski definition) is 2. The molecule has 3 heteroatoms. The highest BCUT2D eigenvalue weighted by molar-refractivity contribution is 5.68. The van der Waals surface area contributed by atoms with Gasteiger partial charge in [0.15, 0.2) is 0 Å². The smallest absolute Gasteiger partial charge is 0.124 e. The second-order valence-electron chi connectivity index (χ2n) is 4.10. The SMILES string of the molecule is [NH3+][C@@H](CCC1CCCCC1)C(=O)[O-]. The summed E-state index contributed by atoms with van der Waals surface area (Å²) in [5.41, 5.74) is 3.56. The molecule has 0 radical (unpaired) electrons. The normalized spacial score (nSPS) is 21.3. The molecule has 13 heavy (non-hydrogen) atoms. The molecule has 0 spiro atoms. The third-order valence-electron chi connectivity index (χ3n) is 2.98. The van der Waals surface area contributed by atoms with Crippen molar-refractivity contribution in [3.63, 3.8) is 0 Å². The molecule has 3 N–H and O–H groups in total. The number of carbonyl (C=O) groups excluding carboxylic acids is 1. The largest absolute Gasteiger partial charge is 0.544 e. The summed E-state index contributed by atoms with van der Waals surface area (Å²) >= 11 is 0. The van der Waals surface area contributed by atoms with Crippen LogP contribution in [0, 0.1) is 5.92 Å². The molecule has 0 aromatic carbocycles. The molecular weight excluding hydrogens is 166 g/mol. The molecule has 1 atom stereocenters. The number of hydrogen-bond donors (Lipinski definition) is 1. The van der Waals surface area contributed by atoms with Crippen LogP contribution in [-0.2, 0) is 4.79 Å². The lowest BCUT2D eigenvalue weighted by molar-refractivity contribution is -0.438. The van der Waals surface area contributed by atoms with Crippen molar-refractivity contribution in [2.75, 3.05) is 0 Å². The summed E-state index contributed by atoms with van der Waals surface area (Å²) in [4.78, 5) is 10.4. The Bertz CT molecular complexity index is 164. The van der Waals surface area contributed by atoms with Gasteiger partial charge in [0, 0.05) is 6.42 Å². The van der Waals surface area contributed by atoms with Crippen molar-refractivity contribution in [3.05, 3.63) is 0 Å². The van der Waals surface area contributed by atoms with Gasteiger partial charge in [0.1, 0.15) is 6.04 Å². The average molecular weight is 185 g/mol. The fourth-order valence-electron chi connectivity index (χ4n) is 2.03. The van der Waals surface area contributed by atoms with Crippen molar-refractivity contribution in [3.8, 4) is 0 Å². The molecule has 0 bridgehead atoms. The van der Waals surface area contributed by atoms with Crippen LogP contribution in [0.25, 0.3) is 0 Å². The Labute approximate surface area is 79.3 Å². The molecule has 0 unspecified atom stereocenters. The quantitative estimate of drug-likeness (QED) is 0.653. The molecule has 0 saturated heterocycles. The van der Waals surface area contributed by atoms with E-state index in [-0.39, 0.29) is 0 Å². The highest BCUT2D eigenvalue weighted by Crippen LogP contribution is 2.27. The second-order valence-corrected chi connectivity index (χ2v) is 4.10. The minimum atomic E-state index is -1.00.